The SMILES string of the molecule is [C-]#[N+]c1cccc(-c2ccc3c4ccccc4n(-c4cc(C#N)c(-n5c6ccccc6c6ccc(-c7cccc(C#N)c7)cc65)cc4-c4ccncc4)c3c2)c1. The summed E-state index contributed by atoms with van der Waals surface area (Å²) in [7, 11) is 0. The van der Waals surface area contributed by atoms with Crippen LogP contribution >= 0.6 is 0 Å². The molecule has 0 bridgehead atoms. The monoisotopic (exact) mass is 712 g/mol. The number of nitriles is 2. The Kier molecular flexibility index (Phi) is 7.53. The summed E-state index contributed by atoms with van der Waals surface area (Å²) in [6.07, 6.45) is 3.60. The van der Waals surface area contributed by atoms with Crippen molar-refractivity contribution in [3.05, 3.63) is 193 Å². The van der Waals surface area contributed by atoms with E-state index in [1.54, 1.807) is 12.4 Å². The van der Waals surface area contributed by atoms with Gasteiger partial charge in [0.15, 0.2) is 5.69 Å². The number of benzene rings is 7. The third-order valence-electron chi connectivity index (χ3n) is 10.7. The zero-order chi connectivity index (χ0) is 37.8. The third-order valence-corrected chi connectivity index (χ3v) is 10.7. The molecular weight excluding hydrogens is 685 g/mol. The van der Waals surface area contributed by atoms with Crippen LogP contribution in [0.2, 0.25) is 0 Å². The lowest BCUT2D eigenvalue weighted by atomic mass is 9.99. The number of para-hydroxylation sites is 2. The van der Waals surface area contributed by atoms with Crippen LogP contribution in [0.4, 0.5) is 5.69 Å². The molecule has 0 aliphatic carbocycles. The number of aromatic nitrogens is 3. The van der Waals surface area contributed by atoms with Crippen LogP contribution in [0.5, 0.6) is 0 Å². The highest BCUT2D eigenvalue weighted by molar-refractivity contribution is 6.12. The van der Waals surface area contributed by atoms with Crippen molar-refractivity contribution in [1.29, 1.82) is 10.5 Å². The summed E-state index contributed by atoms with van der Waals surface area (Å²) in [6, 6.07) is 57.9. The van der Waals surface area contributed by atoms with Crippen molar-refractivity contribution >= 4 is 49.3 Å². The molecule has 0 aliphatic heterocycles. The summed E-state index contributed by atoms with van der Waals surface area (Å²) >= 11 is 0. The van der Waals surface area contributed by atoms with Crippen molar-refractivity contribution < 1.29 is 0 Å². The van der Waals surface area contributed by atoms with Gasteiger partial charge in [-0.1, -0.05) is 91.0 Å². The van der Waals surface area contributed by atoms with Crippen molar-refractivity contribution in [1.82, 2.24) is 14.1 Å². The molecule has 6 nitrogen and oxygen atoms in total. The van der Waals surface area contributed by atoms with E-state index in [0.717, 1.165) is 88.4 Å². The van der Waals surface area contributed by atoms with E-state index < -0.39 is 0 Å². The number of fused-ring (bicyclic) bond motifs is 6. The Morgan fingerprint density at radius 2 is 1.04 bits per heavy atom. The first kappa shape index (κ1) is 32.4. The van der Waals surface area contributed by atoms with E-state index in [2.05, 4.69) is 104 Å². The van der Waals surface area contributed by atoms with Gasteiger partial charge >= 0.3 is 0 Å². The Labute approximate surface area is 322 Å². The van der Waals surface area contributed by atoms with Crippen molar-refractivity contribution in [2.45, 2.75) is 0 Å². The van der Waals surface area contributed by atoms with Gasteiger partial charge in [-0.2, -0.15) is 10.5 Å². The fourth-order valence-corrected chi connectivity index (χ4v) is 8.14. The van der Waals surface area contributed by atoms with Crippen LogP contribution in [0.15, 0.2) is 170 Å². The number of pyridine rings is 1. The molecule has 0 aliphatic rings. The molecule has 0 unspecified atom stereocenters. The fraction of sp³-hybridized carbons (Fsp3) is 0. The standard InChI is InChI=1S/C50H28N6/c1-53-39-11-7-10-35(25-39)37-17-19-43-41-13-3-5-15-46(41)56(49(43)27-37)50-28-38(31-52)47(29-44(50)33-20-22-54-23-21-33)55-45-14-4-2-12-40(45)42-18-16-36(26-48(42)55)34-9-6-8-32(24-34)30-51/h2-29H. The predicted octanol–water partition coefficient (Wildman–Crippen LogP) is 12.6. The van der Waals surface area contributed by atoms with Crippen molar-refractivity contribution in [3.8, 4) is 56.9 Å². The molecule has 0 saturated carbocycles. The fourth-order valence-electron chi connectivity index (χ4n) is 8.14. The molecule has 0 fully saturated rings. The summed E-state index contributed by atoms with van der Waals surface area (Å²) in [4.78, 5) is 8.03. The zero-order valence-electron chi connectivity index (χ0n) is 29.8. The molecule has 0 radical (unpaired) electrons. The van der Waals surface area contributed by atoms with E-state index in [1.165, 1.54) is 0 Å². The lowest BCUT2D eigenvalue weighted by molar-refractivity contribution is 1.13. The molecule has 56 heavy (non-hydrogen) atoms. The molecule has 3 aromatic heterocycles. The smallest absolute Gasteiger partial charge is 0.187 e. The third kappa shape index (κ3) is 5.12. The Balaban J connectivity index is 1.29. The minimum absolute atomic E-state index is 0.518. The number of rotatable bonds is 5. The molecule has 258 valence electrons. The van der Waals surface area contributed by atoms with Crippen LogP contribution < -0.4 is 0 Å². The van der Waals surface area contributed by atoms with Gasteiger partial charge in [-0.05, 0) is 94.5 Å². The molecule has 0 saturated heterocycles. The van der Waals surface area contributed by atoms with Crippen molar-refractivity contribution in [3.63, 3.8) is 0 Å². The zero-order valence-corrected chi connectivity index (χ0v) is 29.8. The highest BCUT2D eigenvalue weighted by atomic mass is 15.0. The Bertz CT molecular complexity index is 3350. The molecule has 0 N–H and O–H groups in total. The maximum absolute atomic E-state index is 11.1. The molecule has 10 aromatic rings. The van der Waals surface area contributed by atoms with Crippen molar-refractivity contribution in [2.24, 2.45) is 0 Å². The highest BCUT2D eigenvalue weighted by Gasteiger charge is 2.22. The molecule has 0 amide bonds. The second-order valence-electron chi connectivity index (χ2n) is 13.8. The molecule has 10 rings (SSSR count). The average molecular weight is 713 g/mol. The Hall–Kier alpha value is -8.24. The first-order valence-corrected chi connectivity index (χ1v) is 18.2. The van der Waals surface area contributed by atoms with Gasteiger partial charge in [0.1, 0.15) is 6.07 Å². The molecule has 0 atom stereocenters. The van der Waals surface area contributed by atoms with Crippen LogP contribution in [-0.4, -0.2) is 14.1 Å². The van der Waals surface area contributed by atoms with Gasteiger partial charge in [0.05, 0.1) is 57.2 Å². The van der Waals surface area contributed by atoms with E-state index in [4.69, 9.17) is 6.57 Å². The lowest BCUT2D eigenvalue weighted by Gasteiger charge is -2.19. The summed E-state index contributed by atoms with van der Waals surface area (Å²) in [5.41, 5.74) is 13.1. The van der Waals surface area contributed by atoms with Gasteiger partial charge in [0.25, 0.3) is 0 Å². The first-order valence-electron chi connectivity index (χ1n) is 18.2. The van der Waals surface area contributed by atoms with Crippen LogP contribution in [-0.2, 0) is 0 Å². The number of nitrogens with zero attached hydrogens (tertiary/aromatic N) is 6. The van der Waals surface area contributed by atoms with E-state index >= 15 is 0 Å². The van der Waals surface area contributed by atoms with E-state index in [9.17, 15) is 10.5 Å². The van der Waals surface area contributed by atoms with Crippen molar-refractivity contribution in [2.75, 3.05) is 0 Å². The number of hydrogen-bond acceptors (Lipinski definition) is 3. The maximum Gasteiger partial charge on any atom is 0.187 e. The van der Waals surface area contributed by atoms with Gasteiger partial charge in [-0.25, -0.2) is 4.85 Å². The minimum Gasteiger partial charge on any atom is -0.309 e. The predicted molar refractivity (Wildman–Crippen MR) is 225 cm³/mol. The van der Waals surface area contributed by atoms with Gasteiger partial charge < -0.3 is 9.13 Å². The lowest BCUT2D eigenvalue weighted by Crippen LogP contribution is -2.04. The summed E-state index contributed by atoms with van der Waals surface area (Å²) in [6.45, 7) is 7.60. The van der Waals surface area contributed by atoms with Gasteiger partial charge in [0, 0.05) is 39.5 Å². The van der Waals surface area contributed by atoms with E-state index in [1.807, 2.05) is 84.9 Å². The molecular formula is C50H28N6. The van der Waals surface area contributed by atoms with Gasteiger partial charge in [-0.3, -0.25) is 4.98 Å². The Morgan fingerprint density at radius 1 is 0.464 bits per heavy atom. The summed E-state index contributed by atoms with van der Waals surface area (Å²) in [5.74, 6) is 0. The molecule has 3 heterocycles. The second-order valence-corrected chi connectivity index (χ2v) is 13.8. The molecule has 6 heteroatoms. The first-order chi connectivity index (χ1) is 27.6. The van der Waals surface area contributed by atoms with E-state index in [0.29, 0.717) is 16.8 Å². The molecule has 7 aromatic carbocycles. The average Bonchev–Trinajstić information content (AvgIpc) is 3.78. The second kappa shape index (κ2) is 13.0. The quantitative estimate of drug-likeness (QED) is 0.167. The van der Waals surface area contributed by atoms with Crippen LogP contribution in [0.1, 0.15) is 11.1 Å². The minimum atomic E-state index is 0.518. The van der Waals surface area contributed by atoms with Crippen LogP contribution in [0, 0.1) is 29.2 Å². The largest absolute Gasteiger partial charge is 0.309 e. The maximum atomic E-state index is 11.1. The number of hydrogen-bond donors (Lipinski definition) is 0. The normalized spacial score (nSPS) is 11.2. The van der Waals surface area contributed by atoms with E-state index in [-0.39, 0.29) is 0 Å². The Morgan fingerprint density at radius 3 is 1.66 bits per heavy atom. The topological polar surface area (TPSA) is 74.7 Å². The summed E-state index contributed by atoms with van der Waals surface area (Å²) in [5, 5.41) is 25.0. The van der Waals surface area contributed by atoms with Gasteiger partial charge in [0.2, 0.25) is 0 Å². The highest BCUT2D eigenvalue weighted by Crippen LogP contribution is 2.42. The van der Waals surface area contributed by atoms with Crippen LogP contribution in [0.3, 0.4) is 0 Å². The van der Waals surface area contributed by atoms with Gasteiger partial charge in [-0.15, -0.1) is 0 Å². The molecule has 0 spiro atoms. The summed E-state index contributed by atoms with van der Waals surface area (Å²) < 4.78 is 4.46. The van der Waals surface area contributed by atoms with Crippen LogP contribution in [0.25, 0.3) is 93.2 Å².